The van der Waals surface area contributed by atoms with E-state index < -0.39 is 0 Å². The van der Waals surface area contributed by atoms with E-state index in [2.05, 4.69) is 46.0 Å². The zero-order valence-electron chi connectivity index (χ0n) is 13.9. The zero-order valence-corrected chi connectivity index (χ0v) is 13.9. The number of hydrogen-bond donors (Lipinski definition) is 1. The summed E-state index contributed by atoms with van der Waals surface area (Å²) in [4.78, 5) is 25.6. The molecule has 0 amide bonds. The molecule has 24 heavy (non-hydrogen) atoms. The highest BCUT2D eigenvalue weighted by Gasteiger charge is 2.06. The Morgan fingerprint density at radius 3 is 2.42 bits per heavy atom. The molecular weight excluding hydrogens is 300 g/mol. The smallest absolute Gasteiger partial charge is 0.251 e. The molecule has 3 rings (SSSR count). The number of hydrogen-bond acceptors (Lipinski definition) is 4. The fourth-order valence-corrected chi connectivity index (χ4v) is 2.46. The number of aromatic amines is 1. The van der Waals surface area contributed by atoms with Crippen molar-refractivity contribution in [2.45, 2.75) is 13.5 Å². The summed E-state index contributed by atoms with van der Waals surface area (Å²) in [6.45, 7) is 4.04. The summed E-state index contributed by atoms with van der Waals surface area (Å²) in [7, 11) is 2.09. The molecule has 122 valence electrons. The highest BCUT2D eigenvalue weighted by Crippen LogP contribution is 2.19. The lowest BCUT2D eigenvalue weighted by atomic mass is 10.1. The topological polar surface area (TPSA) is 61.9 Å². The van der Waals surface area contributed by atoms with Gasteiger partial charge < -0.3 is 9.88 Å². The Morgan fingerprint density at radius 1 is 1.04 bits per heavy atom. The summed E-state index contributed by atoms with van der Waals surface area (Å²) >= 11 is 0. The van der Waals surface area contributed by atoms with Gasteiger partial charge in [-0.25, -0.2) is 4.98 Å². The quantitative estimate of drug-likeness (QED) is 0.785. The molecule has 0 saturated carbocycles. The van der Waals surface area contributed by atoms with Crippen molar-refractivity contribution in [3.8, 4) is 22.6 Å². The fourth-order valence-electron chi connectivity index (χ4n) is 2.46. The predicted molar refractivity (Wildman–Crippen MR) is 95.5 cm³/mol. The SMILES string of the molecule is CCN(C)Cc1ccc(-c2nc(-c3ccncc3)cc(=O)[nH]2)cc1. The summed E-state index contributed by atoms with van der Waals surface area (Å²) in [6, 6.07) is 13.3. The normalized spacial score (nSPS) is 11.0. The molecule has 0 radical (unpaired) electrons. The lowest BCUT2D eigenvalue weighted by Crippen LogP contribution is -2.16. The van der Waals surface area contributed by atoms with Gasteiger partial charge in [0.2, 0.25) is 0 Å². The number of nitrogens with one attached hydrogen (secondary N) is 1. The van der Waals surface area contributed by atoms with Crippen molar-refractivity contribution in [1.82, 2.24) is 19.9 Å². The summed E-state index contributed by atoms with van der Waals surface area (Å²) in [5.41, 5.74) is 3.48. The minimum absolute atomic E-state index is 0.165. The first kappa shape index (κ1) is 16.1. The van der Waals surface area contributed by atoms with Gasteiger partial charge in [0.1, 0.15) is 5.82 Å². The Morgan fingerprint density at radius 2 is 1.75 bits per heavy atom. The third-order valence-electron chi connectivity index (χ3n) is 3.94. The Kier molecular flexibility index (Phi) is 4.82. The van der Waals surface area contributed by atoms with Crippen LogP contribution in [0.2, 0.25) is 0 Å². The van der Waals surface area contributed by atoms with E-state index in [1.165, 1.54) is 11.6 Å². The van der Waals surface area contributed by atoms with Gasteiger partial charge in [-0.15, -0.1) is 0 Å². The molecule has 2 aromatic heterocycles. The van der Waals surface area contributed by atoms with E-state index in [1.54, 1.807) is 12.4 Å². The first-order chi connectivity index (χ1) is 11.7. The number of aromatic nitrogens is 3. The first-order valence-electron chi connectivity index (χ1n) is 7.95. The van der Waals surface area contributed by atoms with Crippen LogP contribution in [0.15, 0.2) is 59.7 Å². The van der Waals surface area contributed by atoms with E-state index >= 15 is 0 Å². The summed E-state index contributed by atoms with van der Waals surface area (Å²) < 4.78 is 0. The van der Waals surface area contributed by atoms with E-state index in [4.69, 9.17) is 0 Å². The Balaban J connectivity index is 1.92. The zero-order chi connectivity index (χ0) is 16.9. The number of H-pyrrole nitrogens is 1. The first-order valence-corrected chi connectivity index (χ1v) is 7.95. The molecule has 1 aromatic carbocycles. The van der Waals surface area contributed by atoms with Crippen molar-refractivity contribution < 1.29 is 0 Å². The molecule has 2 heterocycles. The molecule has 0 aliphatic rings. The van der Waals surface area contributed by atoms with Crippen LogP contribution in [-0.4, -0.2) is 33.4 Å². The van der Waals surface area contributed by atoms with Gasteiger partial charge in [0, 0.05) is 36.1 Å². The molecule has 3 aromatic rings. The molecule has 0 bridgehead atoms. The minimum atomic E-state index is -0.165. The van der Waals surface area contributed by atoms with E-state index in [1.807, 2.05) is 24.3 Å². The van der Waals surface area contributed by atoms with Crippen LogP contribution in [0.25, 0.3) is 22.6 Å². The van der Waals surface area contributed by atoms with Crippen LogP contribution >= 0.6 is 0 Å². The molecule has 1 N–H and O–H groups in total. The van der Waals surface area contributed by atoms with Gasteiger partial charge in [-0.2, -0.15) is 0 Å². The summed E-state index contributed by atoms with van der Waals surface area (Å²) in [5.74, 6) is 0.574. The van der Waals surface area contributed by atoms with Crippen LogP contribution in [0.1, 0.15) is 12.5 Å². The molecule has 5 heteroatoms. The maximum absolute atomic E-state index is 12.0. The Bertz CT molecular complexity index is 857. The standard InChI is InChI=1S/C19H20N4O/c1-3-23(2)13-14-4-6-16(7-5-14)19-21-17(12-18(24)22-19)15-8-10-20-11-9-15/h4-12H,3,13H2,1-2H3,(H,21,22,24). The van der Waals surface area contributed by atoms with Crippen molar-refractivity contribution in [3.63, 3.8) is 0 Å². The second-order valence-corrected chi connectivity index (χ2v) is 5.74. The molecular formula is C19H20N4O. The maximum Gasteiger partial charge on any atom is 0.251 e. The lowest BCUT2D eigenvalue weighted by molar-refractivity contribution is 0.346. The third kappa shape index (κ3) is 3.75. The van der Waals surface area contributed by atoms with Crippen molar-refractivity contribution in [2.75, 3.05) is 13.6 Å². The van der Waals surface area contributed by atoms with Crippen LogP contribution < -0.4 is 5.56 Å². The summed E-state index contributed by atoms with van der Waals surface area (Å²) in [6.07, 6.45) is 3.38. The maximum atomic E-state index is 12.0. The average Bonchev–Trinajstić information content (AvgIpc) is 2.62. The van der Waals surface area contributed by atoms with Gasteiger partial charge >= 0.3 is 0 Å². The van der Waals surface area contributed by atoms with Crippen LogP contribution in [0.3, 0.4) is 0 Å². The molecule has 0 atom stereocenters. The third-order valence-corrected chi connectivity index (χ3v) is 3.94. The van der Waals surface area contributed by atoms with E-state index in [9.17, 15) is 4.79 Å². The highest BCUT2D eigenvalue weighted by atomic mass is 16.1. The molecule has 0 aliphatic carbocycles. The van der Waals surface area contributed by atoms with Crippen LogP contribution in [0, 0.1) is 0 Å². The van der Waals surface area contributed by atoms with Gasteiger partial charge in [-0.3, -0.25) is 9.78 Å². The highest BCUT2D eigenvalue weighted by molar-refractivity contribution is 5.63. The van der Waals surface area contributed by atoms with Gasteiger partial charge in [-0.1, -0.05) is 31.2 Å². The largest absolute Gasteiger partial charge is 0.306 e. The number of rotatable bonds is 5. The fraction of sp³-hybridized carbons (Fsp3) is 0.211. The van der Waals surface area contributed by atoms with Crippen LogP contribution in [0.5, 0.6) is 0 Å². The van der Waals surface area contributed by atoms with Crippen molar-refractivity contribution in [2.24, 2.45) is 0 Å². The monoisotopic (exact) mass is 320 g/mol. The Labute approximate surface area is 141 Å². The number of nitrogens with zero attached hydrogens (tertiary/aromatic N) is 3. The number of benzene rings is 1. The van der Waals surface area contributed by atoms with Crippen molar-refractivity contribution in [3.05, 3.63) is 70.8 Å². The average molecular weight is 320 g/mol. The second-order valence-electron chi connectivity index (χ2n) is 5.74. The van der Waals surface area contributed by atoms with Gasteiger partial charge in [-0.05, 0) is 31.3 Å². The Hall–Kier alpha value is -2.79. The molecule has 0 unspecified atom stereocenters. The van der Waals surface area contributed by atoms with Gasteiger partial charge in [0.15, 0.2) is 0 Å². The van der Waals surface area contributed by atoms with Crippen LogP contribution in [-0.2, 0) is 6.54 Å². The number of pyridine rings is 1. The molecule has 0 saturated heterocycles. The van der Waals surface area contributed by atoms with Crippen molar-refractivity contribution in [1.29, 1.82) is 0 Å². The predicted octanol–water partition coefficient (Wildman–Crippen LogP) is 2.95. The molecule has 0 fully saturated rings. The minimum Gasteiger partial charge on any atom is -0.306 e. The van der Waals surface area contributed by atoms with Gasteiger partial charge in [0.05, 0.1) is 5.69 Å². The van der Waals surface area contributed by atoms with E-state index in [0.717, 1.165) is 24.2 Å². The van der Waals surface area contributed by atoms with E-state index in [0.29, 0.717) is 11.5 Å². The summed E-state index contributed by atoms with van der Waals surface area (Å²) in [5, 5.41) is 0. The molecule has 0 aliphatic heterocycles. The molecule has 0 spiro atoms. The molecule has 5 nitrogen and oxygen atoms in total. The lowest BCUT2D eigenvalue weighted by Gasteiger charge is -2.13. The second kappa shape index (κ2) is 7.19. The van der Waals surface area contributed by atoms with Crippen molar-refractivity contribution >= 4 is 0 Å². The van der Waals surface area contributed by atoms with E-state index in [-0.39, 0.29) is 5.56 Å². The van der Waals surface area contributed by atoms with Crippen LogP contribution in [0.4, 0.5) is 0 Å². The van der Waals surface area contributed by atoms with Gasteiger partial charge in [0.25, 0.3) is 5.56 Å².